The molecule has 0 bridgehead atoms. The predicted molar refractivity (Wildman–Crippen MR) is 187 cm³/mol. The molecular weight excluding hydrogens is 771 g/mol. The summed E-state index contributed by atoms with van der Waals surface area (Å²) in [6, 6.07) is 18.4. The Hall–Kier alpha value is -3.42. The van der Waals surface area contributed by atoms with Gasteiger partial charge in [-0.25, -0.2) is 9.79 Å². The van der Waals surface area contributed by atoms with E-state index in [9.17, 15) is 9.59 Å². The van der Waals surface area contributed by atoms with Crippen molar-refractivity contribution in [3.8, 4) is 17.2 Å². The highest BCUT2D eigenvalue weighted by atomic mass is 127. The summed E-state index contributed by atoms with van der Waals surface area (Å²) in [5.74, 6) is 1.16. The van der Waals surface area contributed by atoms with Crippen LogP contribution in [0.15, 0.2) is 86.2 Å². The number of carbonyl (C=O) groups is 1. The van der Waals surface area contributed by atoms with E-state index in [0.717, 1.165) is 19.2 Å². The average molecular weight is 804 g/mol. The number of hydrogen-bond acceptors (Lipinski definition) is 8. The van der Waals surface area contributed by atoms with Crippen LogP contribution in [-0.4, -0.2) is 30.4 Å². The van der Waals surface area contributed by atoms with Crippen LogP contribution in [0.5, 0.6) is 17.2 Å². The third-order valence-corrected chi connectivity index (χ3v) is 9.14. The van der Waals surface area contributed by atoms with Gasteiger partial charge in [0.25, 0.3) is 5.56 Å². The van der Waals surface area contributed by atoms with Crippen molar-refractivity contribution in [1.82, 2.24) is 4.57 Å². The number of esters is 1. The molecule has 1 aromatic heterocycles. The van der Waals surface area contributed by atoms with Crippen LogP contribution in [0, 0.1) is 3.57 Å². The molecule has 1 aliphatic rings. The second-order valence-corrected chi connectivity index (χ2v) is 13.6. The number of fused-ring (bicyclic) bond motifs is 1. The summed E-state index contributed by atoms with van der Waals surface area (Å²) in [5.41, 5.74) is 2.91. The van der Waals surface area contributed by atoms with Crippen LogP contribution in [0.25, 0.3) is 6.08 Å². The van der Waals surface area contributed by atoms with Gasteiger partial charge in [-0.2, -0.15) is 0 Å². The minimum atomic E-state index is -0.788. The number of thiazole rings is 1. The van der Waals surface area contributed by atoms with Crippen LogP contribution >= 0.6 is 49.9 Å². The van der Waals surface area contributed by atoms with Crippen LogP contribution in [0.3, 0.4) is 0 Å². The highest BCUT2D eigenvalue weighted by molar-refractivity contribution is 14.1. The minimum Gasteiger partial charge on any atom is -0.493 e. The maximum atomic E-state index is 14.2. The zero-order valence-corrected chi connectivity index (χ0v) is 30.0. The van der Waals surface area contributed by atoms with E-state index in [4.69, 9.17) is 23.9 Å². The van der Waals surface area contributed by atoms with Gasteiger partial charge in [0, 0.05) is 13.6 Å². The molecule has 45 heavy (non-hydrogen) atoms. The Balaban J connectivity index is 1.63. The van der Waals surface area contributed by atoms with Crippen LogP contribution in [0.2, 0.25) is 0 Å². The van der Waals surface area contributed by atoms with Crippen molar-refractivity contribution in [2.24, 2.45) is 4.99 Å². The molecule has 5 rings (SSSR count). The molecule has 8 nitrogen and oxygen atoms in total. The molecule has 4 aromatic rings. The number of nitrogens with zero attached hydrogens (tertiary/aromatic N) is 2. The van der Waals surface area contributed by atoms with E-state index in [1.54, 1.807) is 43.7 Å². The Morgan fingerprint density at radius 1 is 1.09 bits per heavy atom. The third-order valence-electron chi connectivity index (χ3n) is 6.95. The zero-order valence-electron chi connectivity index (χ0n) is 25.4. The van der Waals surface area contributed by atoms with Crippen LogP contribution in [0.4, 0.5) is 0 Å². The van der Waals surface area contributed by atoms with Gasteiger partial charge in [-0.05, 0) is 110 Å². The number of carbonyl (C=O) groups excluding carboxylic acids is 1. The number of rotatable bonds is 10. The molecular formula is C34H32BrIN2O6S. The Kier molecular flexibility index (Phi) is 10.5. The molecule has 11 heteroatoms. The second kappa shape index (κ2) is 14.3. The quantitative estimate of drug-likeness (QED) is 0.134. The topological polar surface area (TPSA) is 88.4 Å². The Bertz CT molecular complexity index is 1950. The maximum Gasteiger partial charge on any atom is 0.338 e. The molecule has 0 saturated heterocycles. The Morgan fingerprint density at radius 3 is 2.51 bits per heavy atom. The summed E-state index contributed by atoms with van der Waals surface area (Å²) in [7, 11) is 1.56. The van der Waals surface area contributed by atoms with Crippen LogP contribution in [0.1, 0.15) is 50.4 Å². The first kappa shape index (κ1) is 33.0. The third kappa shape index (κ3) is 7.36. The van der Waals surface area contributed by atoms with E-state index < -0.39 is 12.0 Å². The van der Waals surface area contributed by atoms with E-state index >= 15 is 0 Å². The molecule has 3 aromatic carbocycles. The number of benzene rings is 3. The molecule has 0 spiro atoms. The van der Waals surface area contributed by atoms with E-state index in [1.165, 1.54) is 11.3 Å². The lowest BCUT2D eigenvalue weighted by atomic mass is 9.95. The zero-order chi connectivity index (χ0) is 32.2. The summed E-state index contributed by atoms with van der Waals surface area (Å²) in [4.78, 5) is 32.7. The van der Waals surface area contributed by atoms with Gasteiger partial charge in [-0.15, -0.1) is 0 Å². The fraction of sp³-hybridized carbons (Fsp3) is 0.265. The highest BCUT2D eigenvalue weighted by Crippen LogP contribution is 2.36. The van der Waals surface area contributed by atoms with Crippen molar-refractivity contribution in [3.63, 3.8) is 0 Å². The molecule has 0 N–H and O–H groups in total. The lowest BCUT2D eigenvalue weighted by Crippen LogP contribution is -2.40. The van der Waals surface area contributed by atoms with Crippen molar-refractivity contribution in [1.29, 1.82) is 0 Å². The standard InChI is InChI=1S/C34H32BrIN2O6S/c1-6-42-33(40)30-20(4)37-34-38(31(30)22-9-13-27(44-19(2)3)28(16-22)41-5)32(39)29(45-34)17-23-15-24(35)10-14-26(23)43-18-21-7-11-25(36)12-8-21/h7-17,19,31H,6,18H2,1-5H3/b29-17-/t31-/m0/s1. The number of ether oxygens (including phenoxy) is 4. The summed E-state index contributed by atoms with van der Waals surface area (Å²) < 4.78 is 27.2. The average Bonchev–Trinajstić information content (AvgIpc) is 3.30. The molecule has 0 aliphatic carbocycles. The van der Waals surface area contributed by atoms with Crippen molar-refractivity contribution in [2.45, 2.75) is 46.4 Å². The van der Waals surface area contributed by atoms with E-state index in [1.807, 2.05) is 62.4 Å². The van der Waals surface area contributed by atoms with Gasteiger partial charge in [0.05, 0.1) is 41.7 Å². The molecule has 234 valence electrons. The van der Waals surface area contributed by atoms with Crippen LogP contribution in [-0.2, 0) is 16.1 Å². The van der Waals surface area contributed by atoms with Gasteiger partial charge < -0.3 is 18.9 Å². The summed E-state index contributed by atoms with van der Waals surface area (Å²) in [5, 5.41) is 0. The molecule has 0 unspecified atom stereocenters. The van der Waals surface area contributed by atoms with Crippen molar-refractivity contribution in [2.75, 3.05) is 13.7 Å². The van der Waals surface area contributed by atoms with Gasteiger partial charge in [0.1, 0.15) is 12.4 Å². The molecule has 0 fully saturated rings. The Labute approximate surface area is 287 Å². The molecule has 0 radical (unpaired) electrons. The van der Waals surface area contributed by atoms with E-state index in [-0.39, 0.29) is 18.3 Å². The lowest BCUT2D eigenvalue weighted by molar-refractivity contribution is -0.139. The van der Waals surface area contributed by atoms with Gasteiger partial charge in [0.15, 0.2) is 16.3 Å². The predicted octanol–water partition coefficient (Wildman–Crippen LogP) is 6.54. The second-order valence-electron chi connectivity index (χ2n) is 10.5. The van der Waals surface area contributed by atoms with Gasteiger partial charge in [-0.3, -0.25) is 9.36 Å². The molecule has 1 aliphatic heterocycles. The first-order chi connectivity index (χ1) is 21.6. The first-order valence-electron chi connectivity index (χ1n) is 14.3. The number of methoxy groups -OCH3 is 1. The van der Waals surface area contributed by atoms with Gasteiger partial charge >= 0.3 is 5.97 Å². The lowest BCUT2D eigenvalue weighted by Gasteiger charge is -2.25. The summed E-state index contributed by atoms with van der Waals surface area (Å²) >= 11 is 7.08. The van der Waals surface area contributed by atoms with Crippen LogP contribution < -0.4 is 29.1 Å². The first-order valence-corrected chi connectivity index (χ1v) is 17.0. The smallest absolute Gasteiger partial charge is 0.338 e. The Morgan fingerprint density at radius 2 is 1.82 bits per heavy atom. The number of hydrogen-bond donors (Lipinski definition) is 0. The fourth-order valence-electron chi connectivity index (χ4n) is 4.96. The largest absolute Gasteiger partial charge is 0.493 e. The molecule has 2 heterocycles. The molecule has 1 atom stereocenters. The normalized spacial score (nSPS) is 14.7. The van der Waals surface area contributed by atoms with Crippen molar-refractivity contribution < 1.29 is 23.7 Å². The van der Waals surface area contributed by atoms with Gasteiger partial charge in [0.2, 0.25) is 0 Å². The monoisotopic (exact) mass is 802 g/mol. The number of halogens is 2. The highest BCUT2D eigenvalue weighted by Gasteiger charge is 2.34. The van der Waals surface area contributed by atoms with E-state index in [0.29, 0.717) is 50.0 Å². The van der Waals surface area contributed by atoms with E-state index in [2.05, 4.69) is 38.5 Å². The maximum absolute atomic E-state index is 14.2. The van der Waals surface area contributed by atoms with Crippen molar-refractivity contribution >= 4 is 61.9 Å². The van der Waals surface area contributed by atoms with Gasteiger partial charge in [-0.1, -0.05) is 45.5 Å². The molecule has 0 amide bonds. The number of aromatic nitrogens is 1. The number of allylic oxidation sites excluding steroid dienone is 1. The van der Waals surface area contributed by atoms with Crippen molar-refractivity contribution in [3.05, 3.63) is 116 Å². The fourth-order valence-corrected chi connectivity index (χ4v) is 6.73. The minimum absolute atomic E-state index is 0.0666. The SMILES string of the molecule is CCOC(=O)C1=C(C)N=c2s/c(=C\c3cc(Br)ccc3OCc3ccc(I)cc3)c(=O)n2[C@H]1c1ccc(OC(C)C)c(OC)c1. The summed E-state index contributed by atoms with van der Waals surface area (Å²) in [6.45, 7) is 7.93. The molecule has 0 saturated carbocycles. The summed E-state index contributed by atoms with van der Waals surface area (Å²) in [6.07, 6.45) is 1.74.